The van der Waals surface area contributed by atoms with Crippen molar-refractivity contribution in [2.75, 3.05) is 18.8 Å². The highest BCUT2D eigenvalue weighted by Crippen LogP contribution is 2.40. The summed E-state index contributed by atoms with van der Waals surface area (Å²) in [7, 11) is 0. The first kappa shape index (κ1) is 30.9. The van der Waals surface area contributed by atoms with E-state index in [0.717, 1.165) is 29.3 Å². The van der Waals surface area contributed by atoms with E-state index in [1.54, 1.807) is 34.0 Å². The number of nitrogens with zero attached hydrogens (tertiary/aromatic N) is 5. The molecule has 0 spiro atoms. The lowest BCUT2D eigenvalue weighted by Crippen LogP contribution is -2.50. The molecule has 1 unspecified atom stereocenters. The van der Waals surface area contributed by atoms with Gasteiger partial charge in [0, 0.05) is 29.7 Å². The molecule has 5 rings (SSSR count). The highest BCUT2D eigenvalue weighted by Gasteiger charge is 2.30. The minimum Gasteiger partial charge on any atom is -0.454 e. The molecule has 230 valence electrons. The number of hydrogen-bond donors (Lipinski definition) is 2. The molecule has 2 aromatic heterocycles. The number of rotatable bonds is 8. The summed E-state index contributed by atoms with van der Waals surface area (Å²) in [6, 6.07) is 7.09. The number of halogens is 1. The number of nitrogens with two attached hydrogens (primary N) is 1. The first-order chi connectivity index (χ1) is 20.5. The first-order valence-corrected chi connectivity index (χ1v) is 15.8. The molecule has 3 aromatic rings. The van der Waals surface area contributed by atoms with Crippen molar-refractivity contribution >= 4 is 56.7 Å². The number of nitrogens with one attached hydrogen (secondary N) is 1. The van der Waals surface area contributed by atoms with Crippen molar-refractivity contribution in [3.05, 3.63) is 52.0 Å². The van der Waals surface area contributed by atoms with Crippen LogP contribution in [0.4, 0.5) is 10.6 Å². The summed E-state index contributed by atoms with van der Waals surface area (Å²) in [5.74, 6) is 0.608. The molecule has 2 atom stereocenters. The van der Waals surface area contributed by atoms with E-state index in [2.05, 4.69) is 31.2 Å². The van der Waals surface area contributed by atoms with E-state index in [0.29, 0.717) is 52.8 Å². The van der Waals surface area contributed by atoms with Crippen LogP contribution >= 0.6 is 27.7 Å². The monoisotopic (exact) mass is 673 g/mol. The van der Waals surface area contributed by atoms with Crippen LogP contribution in [0.15, 0.2) is 51.6 Å². The van der Waals surface area contributed by atoms with E-state index in [-0.39, 0.29) is 5.91 Å². The molecule has 4 heterocycles. The Labute approximate surface area is 262 Å². The van der Waals surface area contributed by atoms with Gasteiger partial charge in [-0.25, -0.2) is 19.7 Å². The molecule has 0 aliphatic carbocycles. The summed E-state index contributed by atoms with van der Waals surface area (Å²) < 4.78 is 20.1. The number of fused-ring (bicyclic) bond motifs is 1. The minimum atomic E-state index is -0.660. The third-order valence-electron chi connectivity index (χ3n) is 7.18. The number of alkyl carbamates (subject to hydrolysis) is 1. The second-order valence-electron chi connectivity index (χ2n) is 11.5. The van der Waals surface area contributed by atoms with Gasteiger partial charge in [-0.2, -0.15) is 0 Å². The van der Waals surface area contributed by atoms with Gasteiger partial charge < -0.3 is 34.7 Å². The fourth-order valence-corrected chi connectivity index (χ4v) is 6.32. The van der Waals surface area contributed by atoms with E-state index < -0.39 is 24.0 Å². The van der Waals surface area contributed by atoms with Crippen LogP contribution in [-0.2, 0) is 25.5 Å². The van der Waals surface area contributed by atoms with E-state index in [4.69, 9.17) is 24.9 Å². The summed E-state index contributed by atoms with van der Waals surface area (Å²) in [6.07, 6.45) is 4.46. The van der Waals surface area contributed by atoms with E-state index >= 15 is 0 Å². The molecular formula is C29H36BrN7O5S. The summed E-state index contributed by atoms with van der Waals surface area (Å²) in [4.78, 5) is 40.2. The Bertz CT molecular complexity index is 1520. The predicted octanol–water partition coefficient (Wildman–Crippen LogP) is 5.35. The van der Waals surface area contributed by atoms with Crippen LogP contribution in [0, 0.1) is 5.92 Å². The molecule has 1 aromatic carbocycles. The lowest BCUT2D eigenvalue weighted by Gasteiger charge is -2.34. The molecule has 1 saturated heterocycles. The number of benzene rings is 1. The molecule has 1 fully saturated rings. The van der Waals surface area contributed by atoms with Gasteiger partial charge >= 0.3 is 6.09 Å². The van der Waals surface area contributed by atoms with E-state index in [9.17, 15) is 9.59 Å². The van der Waals surface area contributed by atoms with Gasteiger partial charge in [-0.05, 0) is 70.7 Å². The van der Waals surface area contributed by atoms with Crippen LogP contribution in [0.2, 0.25) is 0 Å². The van der Waals surface area contributed by atoms with Crippen LogP contribution in [0.5, 0.6) is 0 Å². The number of likely N-dealkylation sites (tertiary alicyclic amines) is 1. The molecule has 3 N–H and O–H groups in total. The molecule has 12 nitrogen and oxygen atoms in total. The standard InChI is InChI=1S/C29H36BrN7O5S/c1-17(34-28(39)42-29(2,3)4)25(38)36-12-9-18(10-13-36)11-14-37-24-22(23(31)32-16-33-24)35-27(37)43-21-15-40-26(41-21)19-7-5-6-8-20(19)30/h5-8,15-18,26H,9-14H2,1-4H3,(H,34,39)(H2,31,32,33)/t17-,26?/m0/s1. The highest BCUT2D eigenvalue weighted by atomic mass is 79.9. The van der Waals surface area contributed by atoms with E-state index in [1.807, 2.05) is 33.7 Å². The largest absolute Gasteiger partial charge is 0.454 e. The van der Waals surface area contributed by atoms with Gasteiger partial charge in [-0.1, -0.05) is 34.1 Å². The summed E-state index contributed by atoms with van der Waals surface area (Å²) in [6.45, 7) is 8.95. The maximum atomic E-state index is 13.0. The Kier molecular flexibility index (Phi) is 9.35. The van der Waals surface area contributed by atoms with Gasteiger partial charge in [0.05, 0.1) is 0 Å². The number of hydrogen-bond acceptors (Lipinski definition) is 10. The molecule has 43 heavy (non-hydrogen) atoms. The summed E-state index contributed by atoms with van der Waals surface area (Å²) >= 11 is 4.90. The molecule has 2 aliphatic heterocycles. The maximum absolute atomic E-state index is 13.0. The topological polar surface area (TPSA) is 147 Å². The fourth-order valence-electron chi connectivity index (χ4n) is 5.01. The average molecular weight is 675 g/mol. The molecule has 2 amide bonds. The minimum absolute atomic E-state index is 0.108. The summed E-state index contributed by atoms with van der Waals surface area (Å²) in [5.41, 5.74) is 7.60. The van der Waals surface area contributed by atoms with Gasteiger partial charge in [0.2, 0.25) is 11.0 Å². The predicted molar refractivity (Wildman–Crippen MR) is 165 cm³/mol. The number of carbonyl (C=O) groups excluding carboxylic acids is 2. The average Bonchev–Trinajstić information content (AvgIpc) is 3.56. The number of piperidine rings is 1. The summed E-state index contributed by atoms with van der Waals surface area (Å²) in [5, 5.41) is 3.90. The zero-order chi connectivity index (χ0) is 30.7. The third-order valence-corrected chi connectivity index (χ3v) is 8.79. The second-order valence-corrected chi connectivity index (χ2v) is 13.4. The Morgan fingerprint density at radius 2 is 1.98 bits per heavy atom. The third kappa shape index (κ3) is 7.53. The van der Waals surface area contributed by atoms with Gasteiger partial charge in [0.1, 0.15) is 24.2 Å². The zero-order valence-electron chi connectivity index (χ0n) is 24.6. The second kappa shape index (κ2) is 13.0. The SMILES string of the molecule is C[C@H](NC(=O)OC(C)(C)C)C(=O)N1CCC(CCn2c(SC3=COC(c4ccccc4Br)O3)nc3c(N)ncnc32)CC1. The van der Waals surface area contributed by atoms with Gasteiger partial charge in [0.15, 0.2) is 22.1 Å². The lowest BCUT2D eigenvalue weighted by molar-refractivity contribution is -0.134. The highest BCUT2D eigenvalue weighted by molar-refractivity contribution is 9.10. The quantitative estimate of drug-likeness (QED) is 0.321. The molecule has 0 radical (unpaired) electrons. The van der Waals surface area contributed by atoms with E-state index in [1.165, 1.54) is 18.1 Å². The lowest BCUT2D eigenvalue weighted by atomic mass is 9.93. The number of ether oxygens (including phenoxy) is 3. The van der Waals surface area contributed by atoms with Crippen LogP contribution in [0.3, 0.4) is 0 Å². The molecule has 14 heteroatoms. The first-order valence-electron chi connectivity index (χ1n) is 14.2. The number of carbonyl (C=O) groups is 2. The van der Waals surface area contributed by atoms with Crippen LogP contribution < -0.4 is 11.1 Å². The number of aromatic nitrogens is 4. The molecule has 0 bridgehead atoms. The maximum Gasteiger partial charge on any atom is 0.408 e. The number of amides is 2. The van der Waals surface area contributed by atoms with Crippen LogP contribution in [-0.4, -0.2) is 61.2 Å². The van der Waals surface area contributed by atoms with Crippen LogP contribution in [0.25, 0.3) is 11.2 Å². The van der Waals surface area contributed by atoms with Gasteiger partial charge in [-0.3, -0.25) is 4.79 Å². The van der Waals surface area contributed by atoms with Crippen molar-refractivity contribution in [1.82, 2.24) is 29.7 Å². The van der Waals surface area contributed by atoms with Crippen molar-refractivity contribution in [3.8, 4) is 0 Å². The zero-order valence-corrected chi connectivity index (χ0v) is 27.0. The number of imidazole rings is 1. The van der Waals surface area contributed by atoms with Crippen molar-refractivity contribution in [3.63, 3.8) is 0 Å². The Hall–Kier alpha value is -3.52. The van der Waals surface area contributed by atoms with Gasteiger partial charge in [-0.15, -0.1) is 0 Å². The van der Waals surface area contributed by atoms with Crippen molar-refractivity contribution in [2.24, 2.45) is 5.92 Å². The van der Waals surface area contributed by atoms with Crippen molar-refractivity contribution < 1.29 is 23.8 Å². The van der Waals surface area contributed by atoms with Crippen LogP contribution in [0.1, 0.15) is 58.8 Å². The van der Waals surface area contributed by atoms with Crippen molar-refractivity contribution in [1.29, 1.82) is 0 Å². The molecule has 0 saturated carbocycles. The molecular weight excluding hydrogens is 638 g/mol. The Morgan fingerprint density at radius 3 is 2.70 bits per heavy atom. The number of aryl methyl sites for hydroxylation is 1. The smallest absolute Gasteiger partial charge is 0.408 e. The fraction of sp³-hybridized carbons (Fsp3) is 0.483. The van der Waals surface area contributed by atoms with Gasteiger partial charge in [0.25, 0.3) is 6.29 Å². The van der Waals surface area contributed by atoms with Crippen molar-refractivity contribution in [2.45, 2.75) is 76.6 Å². The Balaban J connectivity index is 1.19. The normalized spacial score (nSPS) is 18.1. The molecule has 2 aliphatic rings. The Morgan fingerprint density at radius 1 is 1.23 bits per heavy atom. The number of anilines is 1. The number of nitrogen functional groups attached to an aromatic ring is 1. The number of thioether (sulfide) groups is 1.